The van der Waals surface area contributed by atoms with Gasteiger partial charge in [-0.3, -0.25) is 4.99 Å². The van der Waals surface area contributed by atoms with Crippen LogP contribution in [0.3, 0.4) is 0 Å². The van der Waals surface area contributed by atoms with Gasteiger partial charge in [-0.15, -0.1) is 0 Å². The molecule has 76 valence electrons. The van der Waals surface area contributed by atoms with Crippen LogP contribution < -0.4 is 17.2 Å². The molecule has 0 rings (SSSR count). The Bertz CT molecular complexity index is 197. The lowest BCUT2D eigenvalue weighted by atomic mass is 10.2. The Kier molecular flexibility index (Phi) is 5.62. The van der Waals surface area contributed by atoms with Crippen LogP contribution in [0.1, 0.15) is 6.92 Å². The summed E-state index contributed by atoms with van der Waals surface area (Å²) in [7, 11) is 1.64. The Morgan fingerprint density at radius 2 is 2.00 bits per heavy atom. The Hall–Kier alpha value is -1.30. The van der Waals surface area contributed by atoms with E-state index in [1.165, 1.54) is 0 Å². The lowest BCUT2D eigenvalue weighted by Crippen LogP contribution is -2.26. The molecule has 0 aliphatic heterocycles. The first kappa shape index (κ1) is 11.7. The van der Waals surface area contributed by atoms with Gasteiger partial charge in [0.15, 0.2) is 5.96 Å². The number of rotatable bonds is 4. The van der Waals surface area contributed by atoms with E-state index >= 15 is 0 Å². The third-order valence-electron chi connectivity index (χ3n) is 1.26. The van der Waals surface area contributed by atoms with Gasteiger partial charge >= 0.3 is 0 Å². The predicted molar refractivity (Wildman–Crippen MR) is 53.3 cm³/mol. The highest BCUT2D eigenvalue weighted by Crippen LogP contribution is 1.95. The second kappa shape index (κ2) is 6.24. The number of nitrogens with two attached hydrogens (primary N) is 3. The fourth-order valence-corrected chi connectivity index (χ4v) is 0.754. The topological polar surface area (TPSA) is 112 Å². The number of methoxy groups -OCH3 is 1. The number of guanidine groups is 2. The summed E-state index contributed by atoms with van der Waals surface area (Å²) in [5.74, 6) is 0.321. The van der Waals surface area contributed by atoms with Crippen LogP contribution in [0.5, 0.6) is 0 Å². The number of hydrogen-bond acceptors (Lipinski definition) is 2. The van der Waals surface area contributed by atoms with Gasteiger partial charge in [-0.25, -0.2) is 0 Å². The highest BCUT2D eigenvalue weighted by molar-refractivity contribution is 5.92. The molecule has 0 aromatic carbocycles. The maximum atomic E-state index is 5.38. The van der Waals surface area contributed by atoms with Gasteiger partial charge in [-0.05, 0) is 5.92 Å². The van der Waals surface area contributed by atoms with Crippen LogP contribution in [0.2, 0.25) is 0 Å². The molecule has 0 saturated heterocycles. The summed E-state index contributed by atoms with van der Waals surface area (Å²) in [6, 6.07) is 0. The molecule has 6 heteroatoms. The van der Waals surface area contributed by atoms with E-state index in [0.29, 0.717) is 19.1 Å². The zero-order valence-electron chi connectivity index (χ0n) is 8.03. The van der Waals surface area contributed by atoms with Gasteiger partial charge in [0.05, 0.1) is 6.61 Å². The van der Waals surface area contributed by atoms with Crippen LogP contribution in [0, 0.1) is 5.92 Å². The van der Waals surface area contributed by atoms with E-state index < -0.39 is 0 Å². The normalized spacial score (nSPS) is 13.8. The predicted octanol–water partition coefficient (Wildman–Crippen LogP) is -1.14. The SMILES string of the molecule is COCC(C)CN=C(N)N=C(N)N. The standard InChI is InChI=1S/C7H17N5O/c1-5(4-13-2)3-11-7(10)12-6(8)9/h5H,3-4H2,1-2H3,(H6,8,9,10,11,12). The summed E-state index contributed by atoms with van der Waals surface area (Å²) in [6.07, 6.45) is 0. The minimum atomic E-state index is -0.0827. The van der Waals surface area contributed by atoms with Crippen LogP contribution in [0.4, 0.5) is 0 Å². The molecule has 0 radical (unpaired) electrons. The van der Waals surface area contributed by atoms with Crippen molar-refractivity contribution >= 4 is 11.9 Å². The molecule has 0 heterocycles. The Balaban J connectivity index is 3.89. The summed E-state index contributed by atoms with van der Waals surface area (Å²) in [5.41, 5.74) is 15.6. The molecule has 0 bridgehead atoms. The molecule has 13 heavy (non-hydrogen) atoms. The monoisotopic (exact) mass is 187 g/mol. The van der Waals surface area contributed by atoms with Crippen LogP contribution in [-0.2, 0) is 4.74 Å². The van der Waals surface area contributed by atoms with Crippen molar-refractivity contribution in [3.8, 4) is 0 Å². The van der Waals surface area contributed by atoms with E-state index in [1.807, 2.05) is 6.92 Å². The summed E-state index contributed by atoms with van der Waals surface area (Å²) < 4.78 is 4.92. The average Bonchev–Trinajstić information content (AvgIpc) is 2.00. The second-order valence-corrected chi connectivity index (χ2v) is 2.80. The first-order valence-corrected chi connectivity index (χ1v) is 3.94. The average molecular weight is 187 g/mol. The maximum Gasteiger partial charge on any atom is 0.218 e. The molecular weight excluding hydrogens is 170 g/mol. The molecule has 1 unspecified atom stereocenters. The number of aliphatic imine (C=N–C) groups is 2. The largest absolute Gasteiger partial charge is 0.384 e. The molecule has 6 N–H and O–H groups in total. The molecule has 0 saturated carbocycles. The molecule has 0 fully saturated rings. The molecule has 0 aliphatic rings. The fraction of sp³-hybridized carbons (Fsp3) is 0.714. The van der Waals surface area contributed by atoms with Crippen LogP contribution >= 0.6 is 0 Å². The van der Waals surface area contributed by atoms with Gasteiger partial charge in [0.2, 0.25) is 5.96 Å². The Morgan fingerprint density at radius 1 is 1.38 bits per heavy atom. The maximum absolute atomic E-state index is 5.38. The van der Waals surface area contributed by atoms with Crippen LogP contribution in [-0.4, -0.2) is 32.2 Å². The van der Waals surface area contributed by atoms with E-state index in [1.54, 1.807) is 7.11 Å². The van der Waals surface area contributed by atoms with Crippen molar-refractivity contribution in [2.75, 3.05) is 20.3 Å². The molecule has 0 amide bonds. The van der Waals surface area contributed by atoms with E-state index in [-0.39, 0.29) is 11.9 Å². The van der Waals surface area contributed by atoms with Crippen LogP contribution in [0.15, 0.2) is 9.98 Å². The molecule has 0 aliphatic carbocycles. The number of hydrogen-bond donors (Lipinski definition) is 3. The van der Waals surface area contributed by atoms with E-state index in [0.717, 1.165) is 0 Å². The summed E-state index contributed by atoms with van der Waals surface area (Å²) in [4.78, 5) is 7.52. The van der Waals surface area contributed by atoms with Crippen molar-refractivity contribution in [1.29, 1.82) is 0 Å². The van der Waals surface area contributed by atoms with Crippen molar-refractivity contribution in [3.63, 3.8) is 0 Å². The van der Waals surface area contributed by atoms with E-state index in [9.17, 15) is 0 Å². The van der Waals surface area contributed by atoms with Crippen molar-refractivity contribution in [2.45, 2.75) is 6.92 Å². The van der Waals surface area contributed by atoms with Crippen molar-refractivity contribution < 1.29 is 4.74 Å². The molecule has 1 atom stereocenters. The smallest absolute Gasteiger partial charge is 0.218 e. The van der Waals surface area contributed by atoms with E-state index in [2.05, 4.69) is 9.98 Å². The van der Waals surface area contributed by atoms with Crippen molar-refractivity contribution in [2.24, 2.45) is 33.1 Å². The highest BCUT2D eigenvalue weighted by atomic mass is 16.5. The minimum Gasteiger partial charge on any atom is -0.384 e. The molecule has 0 aromatic heterocycles. The van der Waals surface area contributed by atoms with Gasteiger partial charge in [0.25, 0.3) is 0 Å². The highest BCUT2D eigenvalue weighted by Gasteiger charge is 1.99. The molecule has 6 nitrogen and oxygen atoms in total. The summed E-state index contributed by atoms with van der Waals surface area (Å²) in [6.45, 7) is 3.19. The van der Waals surface area contributed by atoms with E-state index in [4.69, 9.17) is 21.9 Å². The summed E-state index contributed by atoms with van der Waals surface area (Å²) >= 11 is 0. The first-order valence-electron chi connectivity index (χ1n) is 3.94. The minimum absolute atomic E-state index is 0.0827. The summed E-state index contributed by atoms with van der Waals surface area (Å²) in [5, 5.41) is 0. The number of nitrogens with zero attached hydrogens (tertiary/aromatic N) is 2. The second-order valence-electron chi connectivity index (χ2n) is 2.80. The molecule has 0 aromatic rings. The zero-order chi connectivity index (χ0) is 10.3. The van der Waals surface area contributed by atoms with Crippen molar-refractivity contribution in [3.05, 3.63) is 0 Å². The third kappa shape index (κ3) is 7.07. The first-order chi connectivity index (χ1) is 6.06. The van der Waals surface area contributed by atoms with Gasteiger partial charge in [-0.2, -0.15) is 4.99 Å². The Labute approximate surface area is 77.9 Å². The van der Waals surface area contributed by atoms with Gasteiger partial charge in [-0.1, -0.05) is 6.92 Å². The fourth-order valence-electron chi connectivity index (χ4n) is 0.754. The zero-order valence-corrected chi connectivity index (χ0v) is 8.03. The third-order valence-corrected chi connectivity index (χ3v) is 1.26. The van der Waals surface area contributed by atoms with Gasteiger partial charge < -0.3 is 21.9 Å². The quantitative estimate of drug-likeness (QED) is 0.381. The lowest BCUT2D eigenvalue weighted by Gasteiger charge is -2.05. The van der Waals surface area contributed by atoms with Gasteiger partial charge in [0.1, 0.15) is 0 Å². The van der Waals surface area contributed by atoms with Gasteiger partial charge in [0, 0.05) is 13.7 Å². The Morgan fingerprint density at radius 3 is 2.46 bits per heavy atom. The molecular formula is C7H17N5O. The van der Waals surface area contributed by atoms with Crippen LogP contribution in [0.25, 0.3) is 0 Å². The number of ether oxygens (including phenoxy) is 1. The van der Waals surface area contributed by atoms with Crippen molar-refractivity contribution in [1.82, 2.24) is 0 Å². The lowest BCUT2D eigenvalue weighted by molar-refractivity contribution is 0.163. The molecule has 0 spiro atoms.